The Morgan fingerprint density at radius 1 is 0.909 bits per heavy atom. The lowest BCUT2D eigenvalue weighted by Gasteiger charge is -2.47. The van der Waals surface area contributed by atoms with Gasteiger partial charge in [0.2, 0.25) is 0 Å². The highest BCUT2D eigenvalue weighted by Crippen LogP contribution is 2.38. The lowest BCUT2D eigenvalue weighted by molar-refractivity contribution is -0.275. The second-order valence-corrected chi connectivity index (χ2v) is 12.8. The van der Waals surface area contributed by atoms with E-state index in [0.717, 1.165) is 38.3 Å². The van der Waals surface area contributed by atoms with E-state index in [1.807, 2.05) is 7.05 Å². The van der Waals surface area contributed by atoms with Gasteiger partial charge in [0.15, 0.2) is 0 Å². The van der Waals surface area contributed by atoms with Crippen LogP contribution in [0.2, 0.25) is 15.1 Å². The predicted molar refractivity (Wildman–Crippen MR) is 163 cm³/mol. The summed E-state index contributed by atoms with van der Waals surface area (Å²) in [5.74, 6) is -0.179. The molecule has 9 nitrogen and oxygen atoms in total. The number of nitrogens with one attached hydrogen (secondary N) is 2. The summed E-state index contributed by atoms with van der Waals surface area (Å²) in [6.45, 7) is 4.72. The number of halogens is 6. The van der Waals surface area contributed by atoms with E-state index in [1.165, 1.54) is 17.0 Å². The van der Waals surface area contributed by atoms with Crippen LogP contribution in [0.3, 0.4) is 0 Å². The van der Waals surface area contributed by atoms with Crippen LogP contribution < -0.4 is 10.6 Å². The van der Waals surface area contributed by atoms with Crippen LogP contribution in [0, 0.1) is 0 Å². The van der Waals surface area contributed by atoms with Crippen LogP contribution in [0.1, 0.15) is 28.8 Å². The first-order valence-electron chi connectivity index (χ1n) is 14.3. The Morgan fingerprint density at radius 2 is 1.52 bits per heavy atom. The number of amides is 3. The molecule has 1 atom stereocenters. The molecule has 5 rings (SSSR count). The third-order valence-corrected chi connectivity index (χ3v) is 9.37. The van der Waals surface area contributed by atoms with Crippen molar-refractivity contribution >= 4 is 52.4 Å². The molecular formula is C29H34Cl3F3N6O3. The molecule has 3 aliphatic heterocycles. The van der Waals surface area contributed by atoms with Crippen molar-refractivity contribution in [3.8, 4) is 0 Å². The van der Waals surface area contributed by atoms with E-state index in [1.54, 1.807) is 22.3 Å². The fourth-order valence-corrected chi connectivity index (χ4v) is 6.69. The molecule has 3 heterocycles. The quantitative estimate of drug-likeness (QED) is 0.384. The first kappa shape index (κ1) is 32.9. The topological polar surface area (TPSA) is 91.4 Å². The number of likely N-dealkylation sites (N-methyl/N-ethyl adjacent to an activating group) is 1. The molecule has 2 aromatic carbocycles. The van der Waals surface area contributed by atoms with Gasteiger partial charge in [0.1, 0.15) is 0 Å². The minimum atomic E-state index is -5.17. The van der Waals surface area contributed by atoms with Crippen molar-refractivity contribution in [3.63, 3.8) is 0 Å². The van der Waals surface area contributed by atoms with Gasteiger partial charge in [0, 0.05) is 74.7 Å². The van der Waals surface area contributed by atoms with Crippen LogP contribution in [-0.4, -0.2) is 114 Å². The van der Waals surface area contributed by atoms with Gasteiger partial charge in [0.25, 0.3) is 11.6 Å². The van der Waals surface area contributed by atoms with Gasteiger partial charge in [0.05, 0.1) is 21.7 Å². The smallest absolute Gasteiger partial charge is 0.380 e. The number of aliphatic hydroxyl groups is 1. The number of nitrogens with zero attached hydrogens (tertiary/aromatic N) is 4. The SMILES string of the molecule is CN1CCN(C(=O)c2c(Cl)cc(NC3CN(C4CCN(C(=O)N[C@](O)(c5cccc(Cl)c5)C(F)(F)F)CC4)C3)cc2Cl)CC1. The minimum absolute atomic E-state index is 0.00195. The van der Waals surface area contributed by atoms with Crippen molar-refractivity contribution in [3.05, 3.63) is 62.6 Å². The Kier molecular flexibility index (Phi) is 9.79. The van der Waals surface area contributed by atoms with Crippen LogP contribution in [0.4, 0.5) is 23.7 Å². The van der Waals surface area contributed by atoms with E-state index in [0.29, 0.717) is 47.2 Å². The van der Waals surface area contributed by atoms with E-state index in [9.17, 15) is 27.9 Å². The normalized spacial score (nSPS) is 20.6. The number of rotatable bonds is 6. The number of piperazine rings is 1. The summed E-state index contributed by atoms with van der Waals surface area (Å²) in [6, 6.07) is 7.37. The molecule has 0 spiro atoms. The molecule has 0 saturated carbocycles. The predicted octanol–water partition coefficient (Wildman–Crippen LogP) is 4.71. The van der Waals surface area contributed by atoms with Gasteiger partial charge in [-0.3, -0.25) is 15.0 Å². The van der Waals surface area contributed by atoms with Gasteiger partial charge in [-0.1, -0.05) is 46.9 Å². The molecule has 3 aliphatic rings. The number of hydrogen-bond donors (Lipinski definition) is 3. The Hall–Kier alpha value is -2.48. The van der Waals surface area contributed by atoms with Gasteiger partial charge >= 0.3 is 12.2 Å². The molecule has 15 heteroatoms. The molecule has 0 unspecified atom stereocenters. The second kappa shape index (κ2) is 13.1. The Labute approximate surface area is 268 Å². The standard InChI is InChI=1S/C29H34Cl3F3N6O3/c1-38-9-11-39(12-10-38)26(42)25-23(31)14-20(15-24(25)32)36-21-16-41(17-21)22-5-7-40(8-6-22)27(43)37-28(44,29(33,34)35)18-3-2-4-19(30)13-18/h2-4,13-15,21-22,36,44H,5-12,16-17H2,1H3,(H,37,43)/t28-/m0/s1. The lowest BCUT2D eigenvalue weighted by atomic mass is 9.97. The third-order valence-electron chi connectivity index (χ3n) is 8.54. The summed E-state index contributed by atoms with van der Waals surface area (Å²) in [6.07, 6.45) is -4.02. The van der Waals surface area contributed by atoms with Crippen LogP contribution in [0.25, 0.3) is 0 Å². The number of likely N-dealkylation sites (tertiary alicyclic amines) is 2. The molecule has 0 radical (unpaired) electrons. The highest BCUT2D eigenvalue weighted by Gasteiger charge is 2.57. The minimum Gasteiger partial charge on any atom is -0.380 e. The number of benzene rings is 2. The van der Waals surface area contributed by atoms with Crippen LogP contribution in [-0.2, 0) is 5.72 Å². The maximum Gasteiger partial charge on any atom is 0.441 e. The zero-order chi connectivity index (χ0) is 31.8. The lowest BCUT2D eigenvalue weighted by Crippen LogP contribution is -2.62. The summed E-state index contributed by atoms with van der Waals surface area (Å²) >= 11 is 18.8. The molecule has 3 fully saturated rings. The number of alkyl halides is 3. The van der Waals surface area contributed by atoms with E-state index in [4.69, 9.17) is 34.8 Å². The van der Waals surface area contributed by atoms with Gasteiger partial charge in [-0.25, -0.2) is 4.79 Å². The van der Waals surface area contributed by atoms with Crippen LogP contribution in [0.15, 0.2) is 36.4 Å². The van der Waals surface area contributed by atoms with Crippen molar-refractivity contribution in [1.82, 2.24) is 24.9 Å². The van der Waals surface area contributed by atoms with Crippen LogP contribution in [0.5, 0.6) is 0 Å². The molecule has 0 aromatic heterocycles. The first-order chi connectivity index (χ1) is 20.7. The van der Waals surface area contributed by atoms with Gasteiger partial charge < -0.3 is 25.1 Å². The molecule has 2 aromatic rings. The second-order valence-electron chi connectivity index (χ2n) is 11.6. The van der Waals surface area contributed by atoms with Crippen molar-refractivity contribution < 1.29 is 27.9 Å². The largest absolute Gasteiger partial charge is 0.441 e. The Balaban J connectivity index is 1.11. The molecule has 240 valence electrons. The maximum atomic E-state index is 13.9. The van der Waals surface area contributed by atoms with E-state index < -0.39 is 23.5 Å². The van der Waals surface area contributed by atoms with E-state index in [2.05, 4.69) is 15.1 Å². The zero-order valence-electron chi connectivity index (χ0n) is 24.0. The van der Waals surface area contributed by atoms with E-state index in [-0.39, 0.29) is 36.1 Å². The number of piperidine rings is 1. The summed E-state index contributed by atoms with van der Waals surface area (Å²) in [4.78, 5) is 33.3. The summed E-state index contributed by atoms with van der Waals surface area (Å²) in [5, 5.41) is 16.3. The number of carbonyl (C=O) groups excluding carboxylic acids is 2. The Bertz CT molecular complexity index is 1360. The first-order valence-corrected chi connectivity index (χ1v) is 15.5. The van der Waals surface area contributed by atoms with Crippen molar-refractivity contribution in [2.45, 2.75) is 36.8 Å². The number of urea groups is 1. The molecule has 3 N–H and O–H groups in total. The molecule has 0 bridgehead atoms. The number of carbonyl (C=O) groups is 2. The van der Waals surface area contributed by atoms with Crippen LogP contribution >= 0.6 is 34.8 Å². The number of anilines is 1. The third kappa shape index (κ3) is 7.00. The monoisotopic (exact) mass is 676 g/mol. The average Bonchev–Trinajstić information content (AvgIpc) is 2.94. The molecule has 3 saturated heterocycles. The molecular weight excluding hydrogens is 644 g/mol. The maximum absolute atomic E-state index is 13.9. The highest BCUT2D eigenvalue weighted by atomic mass is 35.5. The highest BCUT2D eigenvalue weighted by molar-refractivity contribution is 6.40. The average molecular weight is 678 g/mol. The van der Waals surface area contributed by atoms with Gasteiger partial charge in [-0.2, -0.15) is 13.2 Å². The summed E-state index contributed by atoms with van der Waals surface area (Å²) < 4.78 is 41.6. The fraction of sp³-hybridized carbons (Fsp3) is 0.517. The van der Waals surface area contributed by atoms with E-state index >= 15 is 0 Å². The van der Waals surface area contributed by atoms with Crippen molar-refractivity contribution in [2.75, 3.05) is 64.7 Å². The van der Waals surface area contributed by atoms with Gasteiger partial charge in [-0.05, 0) is 44.2 Å². The molecule has 0 aliphatic carbocycles. The van der Waals surface area contributed by atoms with Gasteiger partial charge in [-0.15, -0.1) is 0 Å². The molecule has 44 heavy (non-hydrogen) atoms. The van der Waals surface area contributed by atoms with Crippen molar-refractivity contribution in [2.24, 2.45) is 0 Å². The number of hydrogen-bond acceptors (Lipinski definition) is 6. The Morgan fingerprint density at radius 3 is 2.09 bits per heavy atom. The molecule has 3 amide bonds. The summed E-state index contributed by atoms with van der Waals surface area (Å²) in [7, 11) is 2.01. The zero-order valence-corrected chi connectivity index (χ0v) is 26.3. The summed E-state index contributed by atoms with van der Waals surface area (Å²) in [5.41, 5.74) is -3.14. The van der Waals surface area contributed by atoms with Crippen molar-refractivity contribution in [1.29, 1.82) is 0 Å². The fourth-order valence-electron chi connectivity index (χ4n) is 5.85.